The van der Waals surface area contributed by atoms with E-state index in [1.54, 1.807) is 18.1 Å². The molecule has 0 spiro atoms. The van der Waals surface area contributed by atoms with Gasteiger partial charge in [0.15, 0.2) is 0 Å². The highest BCUT2D eigenvalue weighted by atomic mass is 32.2. The van der Waals surface area contributed by atoms with Crippen molar-refractivity contribution in [3.05, 3.63) is 24.5 Å². The number of unbranched alkanes of at least 4 members (excludes halogenated alkanes) is 2. The second-order valence-electron chi connectivity index (χ2n) is 4.01. The number of aromatic nitrogens is 2. The van der Waals surface area contributed by atoms with Crippen LogP contribution in [0.3, 0.4) is 0 Å². The fraction of sp³-hybridized carbons (Fsp3) is 0.385. The third-order valence-corrected chi connectivity index (χ3v) is 3.70. The Morgan fingerprint density at radius 2 is 2.12 bits per heavy atom. The molecule has 4 heteroatoms. The normalized spacial score (nSPS) is 10.9. The zero-order chi connectivity index (χ0) is 12.1. The topological polar surface area (TPSA) is 51.8 Å². The van der Waals surface area contributed by atoms with Crippen molar-refractivity contribution in [3.63, 3.8) is 0 Å². The van der Waals surface area contributed by atoms with Crippen LogP contribution in [0.5, 0.6) is 0 Å². The SMILES string of the molecule is CCCCCSc1ncnc2ccc(N)cc12. The van der Waals surface area contributed by atoms with E-state index in [4.69, 9.17) is 5.73 Å². The molecule has 0 aliphatic carbocycles. The molecular weight excluding hydrogens is 230 g/mol. The first-order valence-corrected chi connectivity index (χ1v) is 6.93. The first kappa shape index (κ1) is 12.2. The molecule has 0 fully saturated rings. The molecule has 0 radical (unpaired) electrons. The Bertz CT molecular complexity index is 499. The molecule has 1 aromatic carbocycles. The number of thioether (sulfide) groups is 1. The van der Waals surface area contributed by atoms with Gasteiger partial charge in [0.05, 0.1) is 5.52 Å². The maximum Gasteiger partial charge on any atom is 0.117 e. The highest BCUT2D eigenvalue weighted by molar-refractivity contribution is 7.99. The lowest BCUT2D eigenvalue weighted by atomic mass is 10.2. The first-order chi connectivity index (χ1) is 8.31. The Kier molecular flexibility index (Phi) is 4.20. The van der Waals surface area contributed by atoms with Crippen molar-refractivity contribution >= 4 is 28.4 Å². The van der Waals surface area contributed by atoms with E-state index in [0.29, 0.717) is 0 Å². The lowest BCUT2D eigenvalue weighted by molar-refractivity contribution is 0.778. The summed E-state index contributed by atoms with van der Waals surface area (Å²) >= 11 is 1.79. The van der Waals surface area contributed by atoms with Crippen molar-refractivity contribution < 1.29 is 0 Å². The van der Waals surface area contributed by atoms with Crippen LogP contribution in [0.1, 0.15) is 26.2 Å². The van der Waals surface area contributed by atoms with Gasteiger partial charge < -0.3 is 5.73 Å². The van der Waals surface area contributed by atoms with Crippen LogP contribution in [0, 0.1) is 0 Å². The summed E-state index contributed by atoms with van der Waals surface area (Å²) in [6.45, 7) is 2.21. The number of fused-ring (bicyclic) bond motifs is 1. The van der Waals surface area contributed by atoms with Crippen LogP contribution in [-0.4, -0.2) is 15.7 Å². The maximum absolute atomic E-state index is 5.80. The molecule has 1 heterocycles. The number of benzene rings is 1. The van der Waals surface area contributed by atoms with Crippen molar-refractivity contribution in [1.82, 2.24) is 9.97 Å². The molecule has 0 saturated heterocycles. The zero-order valence-electron chi connectivity index (χ0n) is 10.0. The maximum atomic E-state index is 5.80. The average molecular weight is 247 g/mol. The van der Waals surface area contributed by atoms with Crippen LogP contribution in [0.4, 0.5) is 5.69 Å². The third-order valence-electron chi connectivity index (χ3n) is 2.61. The van der Waals surface area contributed by atoms with E-state index in [9.17, 15) is 0 Å². The minimum absolute atomic E-state index is 0.766. The Labute approximate surface area is 106 Å². The lowest BCUT2D eigenvalue weighted by Gasteiger charge is -2.05. The molecule has 0 amide bonds. The van der Waals surface area contributed by atoms with E-state index in [1.165, 1.54) is 19.3 Å². The predicted octanol–water partition coefficient (Wildman–Crippen LogP) is 3.49. The van der Waals surface area contributed by atoms with Crippen LogP contribution in [0.15, 0.2) is 29.6 Å². The van der Waals surface area contributed by atoms with Gasteiger partial charge in [-0.1, -0.05) is 19.8 Å². The van der Waals surface area contributed by atoms with Gasteiger partial charge in [0.1, 0.15) is 11.4 Å². The number of nitrogen functional groups attached to an aromatic ring is 1. The molecule has 2 aromatic rings. The molecule has 0 atom stereocenters. The van der Waals surface area contributed by atoms with Gasteiger partial charge >= 0.3 is 0 Å². The summed E-state index contributed by atoms with van der Waals surface area (Å²) in [5.41, 5.74) is 7.54. The van der Waals surface area contributed by atoms with E-state index in [1.807, 2.05) is 18.2 Å². The third kappa shape index (κ3) is 3.09. The van der Waals surface area contributed by atoms with E-state index in [-0.39, 0.29) is 0 Å². The fourth-order valence-electron chi connectivity index (χ4n) is 1.69. The number of nitrogens with zero attached hydrogens (tertiary/aromatic N) is 2. The monoisotopic (exact) mass is 247 g/mol. The molecule has 0 saturated carbocycles. The van der Waals surface area contributed by atoms with Gasteiger partial charge in [-0.05, 0) is 30.4 Å². The summed E-state index contributed by atoms with van der Waals surface area (Å²) in [7, 11) is 0. The van der Waals surface area contributed by atoms with Gasteiger partial charge in [-0.2, -0.15) is 0 Å². The number of rotatable bonds is 5. The summed E-state index contributed by atoms with van der Waals surface area (Å²) < 4.78 is 0. The molecule has 1 aromatic heterocycles. The molecule has 0 aliphatic rings. The van der Waals surface area contributed by atoms with Crippen molar-refractivity contribution in [2.45, 2.75) is 31.2 Å². The quantitative estimate of drug-likeness (QED) is 0.380. The van der Waals surface area contributed by atoms with E-state index >= 15 is 0 Å². The number of anilines is 1. The largest absolute Gasteiger partial charge is 0.399 e. The van der Waals surface area contributed by atoms with Gasteiger partial charge in [0.2, 0.25) is 0 Å². The van der Waals surface area contributed by atoms with E-state index in [0.717, 1.165) is 27.4 Å². The van der Waals surface area contributed by atoms with Gasteiger partial charge in [0, 0.05) is 11.1 Å². The van der Waals surface area contributed by atoms with E-state index in [2.05, 4.69) is 16.9 Å². The smallest absolute Gasteiger partial charge is 0.117 e. The second-order valence-corrected chi connectivity index (χ2v) is 5.09. The van der Waals surface area contributed by atoms with Crippen molar-refractivity contribution in [1.29, 1.82) is 0 Å². The Hall–Kier alpha value is -1.29. The standard InChI is InChI=1S/C13H17N3S/c1-2-3-4-7-17-13-11-8-10(14)5-6-12(11)15-9-16-13/h5-6,8-9H,2-4,7,14H2,1H3. The Morgan fingerprint density at radius 1 is 1.24 bits per heavy atom. The molecule has 2 rings (SSSR count). The highest BCUT2D eigenvalue weighted by Crippen LogP contribution is 2.26. The molecular formula is C13H17N3S. The fourth-order valence-corrected chi connectivity index (χ4v) is 2.67. The van der Waals surface area contributed by atoms with Gasteiger partial charge in [-0.3, -0.25) is 0 Å². The second kappa shape index (κ2) is 5.87. The molecule has 90 valence electrons. The number of hydrogen-bond donors (Lipinski definition) is 1. The summed E-state index contributed by atoms with van der Waals surface area (Å²) in [6, 6.07) is 5.78. The highest BCUT2D eigenvalue weighted by Gasteiger charge is 2.04. The number of nitrogens with two attached hydrogens (primary N) is 1. The van der Waals surface area contributed by atoms with Crippen LogP contribution in [-0.2, 0) is 0 Å². The van der Waals surface area contributed by atoms with Crippen molar-refractivity contribution in [3.8, 4) is 0 Å². The molecule has 17 heavy (non-hydrogen) atoms. The summed E-state index contributed by atoms with van der Waals surface area (Å²) in [4.78, 5) is 8.59. The van der Waals surface area contributed by atoms with Crippen molar-refractivity contribution in [2.75, 3.05) is 11.5 Å². The predicted molar refractivity (Wildman–Crippen MR) is 74.2 cm³/mol. The molecule has 0 bridgehead atoms. The van der Waals surface area contributed by atoms with Crippen LogP contribution in [0.25, 0.3) is 10.9 Å². The summed E-state index contributed by atoms with van der Waals surface area (Å²) in [6.07, 6.45) is 5.38. The Balaban J connectivity index is 2.18. The first-order valence-electron chi connectivity index (χ1n) is 5.94. The number of hydrogen-bond acceptors (Lipinski definition) is 4. The van der Waals surface area contributed by atoms with Crippen LogP contribution < -0.4 is 5.73 Å². The molecule has 0 aliphatic heterocycles. The van der Waals surface area contributed by atoms with Crippen molar-refractivity contribution in [2.24, 2.45) is 0 Å². The summed E-state index contributed by atoms with van der Waals surface area (Å²) in [5.74, 6) is 1.11. The van der Waals surface area contributed by atoms with Gasteiger partial charge in [-0.25, -0.2) is 9.97 Å². The van der Waals surface area contributed by atoms with E-state index < -0.39 is 0 Å². The molecule has 0 unspecified atom stereocenters. The van der Waals surface area contributed by atoms with Crippen LogP contribution >= 0.6 is 11.8 Å². The Morgan fingerprint density at radius 3 is 2.94 bits per heavy atom. The summed E-state index contributed by atoms with van der Waals surface area (Å²) in [5, 5.41) is 2.10. The molecule has 3 nitrogen and oxygen atoms in total. The lowest BCUT2D eigenvalue weighted by Crippen LogP contribution is -1.91. The minimum Gasteiger partial charge on any atom is -0.399 e. The van der Waals surface area contributed by atoms with Gasteiger partial charge in [0.25, 0.3) is 0 Å². The van der Waals surface area contributed by atoms with Gasteiger partial charge in [-0.15, -0.1) is 11.8 Å². The molecule has 2 N–H and O–H groups in total. The minimum atomic E-state index is 0.766. The zero-order valence-corrected chi connectivity index (χ0v) is 10.8. The average Bonchev–Trinajstić information content (AvgIpc) is 2.35. The van der Waals surface area contributed by atoms with Crippen LogP contribution in [0.2, 0.25) is 0 Å².